The van der Waals surface area contributed by atoms with Crippen LogP contribution >= 0.6 is 15.9 Å². The van der Waals surface area contributed by atoms with Gasteiger partial charge >= 0.3 is 0 Å². The molecule has 1 rings (SSSR count). The lowest BCUT2D eigenvalue weighted by Crippen LogP contribution is -2.39. The maximum atomic E-state index is 10.0. The highest BCUT2D eigenvalue weighted by Gasteiger charge is 2.17. The molecule has 0 radical (unpaired) electrons. The van der Waals surface area contributed by atoms with E-state index in [1.54, 1.807) is 0 Å². The second-order valence-electron chi connectivity index (χ2n) is 4.89. The van der Waals surface area contributed by atoms with Crippen LogP contribution in [0.5, 0.6) is 0 Å². The van der Waals surface area contributed by atoms with E-state index in [-0.39, 0.29) is 5.60 Å². The first-order valence-electron chi connectivity index (χ1n) is 6.23. The molecule has 0 saturated heterocycles. The van der Waals surface area contributed by atoms with Crippen LogP contribution in [0, 0.1) is 0 Å². The summed E-state index contributed by atoms with van der Waals surface area (Å²) in [6.07, 6.45) is -0.500. The number of aliphatic hydroxyl groups is 1. The topological polar surface area (TPSA) is 41.5 Å². The van der Waals surface area contributed by atoms with Crippen LogP contribution in [-0.4, -0.2) is 30.4 Å². The first-order chi connectivity index (χ1) is 8.44. The van der Waals surface area contributed by atoms with Crippen LogP contribution in [0.4, 0.5) is 0 Å². The van der Waals surface area contributed by atoms with Gasteiger partial charge in [0.05, 0.1) is 11.7 Å². The minimum Gasteiger partial charge on any atom is -0.387 e. The zero-order valence-corrected chi connectivity index (χ0v) is 12.8. The number of rotatable bonds is 7. The zero-order valence-electron chi connectivity index (χ0n) is 11.2. The molecule has 4 heteroatoms. The van der Waals surface area contributed by atoms with Gasteiger partial charge in [-0.3, -0.25) is 0 Å². The molecule has 0 aromatic heterocycles. The fourth-order valence-corrected chi connectivity index (χ4v) is 2.20. The smallest absolute Gasteiger partial charge is 0.0914 e. The lowest BCUT2D eigenvalue weighted by atomic mass is 10.1. The summed E-state index contributed by atoms with van der Waals surface area (Å²) >= 11 is 3.40. The molecule has 1 aromatic rings. The third-order valence-corrected chi connectivity index (χ3v) is 3.15. The number of benzene rings is 1. The Morgan fingerprint density at radius 2 is 2.17 bits per heavy atom. The van der Waals surface area contributed by atoms with E-state index in [1.807, 2.05) is 45.0 Å². The molecule has 3 nitrogen and oxygen atoms in total. The Kier molecular flexibility index (Phi) is 6.29. The van der Waals surface area contributed by atoms with Gasteiger partial charge in [0.25, 0.3) is 0 Å². The molecule has 18 heavy (non-hydrogen) atoms. The van der Waals surface area contributed by atoms with Gasteiger partial charge in [0, 0.05) is 24.2 Å². The van der Waals surface area contributed by atoms with E-state index >= 15 is 0 Å². The summed E-state index contributed by atoms with van der Waals surface area (Å²) in [4.78, 5) is 0. The molecule has 102 valence electrons. The van der Waals surface area contributed by atoms with Crippen molar-refractivity contribution in [1.29, 1.82) is 0 Å². The summed E-state index contributed by atoms with van der Waals surface area (Å²) in [6.45, 7) is 7.99. The molecule has 0 aliphatic heterocycles. The minimum atomic E-state index is -0.500. The summed E-state index contributed by atoms with van der Waals surface area (Å²) in [5.41, 5.74) is 0.706. The van der Waals surface area contributed by atoms with Gasteiger partial charge in [0.2, 0.25) is 0 Å². The molecular formula is C14H22BrNO2. The molecule has 0 amide bonds. The lowest BCUT2D eigenvalue weighted by Gasteiger charge is -2.25. The fourth-order valence-electron chi connectivity index (χ4n) is 1.78. The zero-order chi connectivity index (χ0) is 13.6. The largest absolute Gasteiger partial charge is 0.387 e. The molecule has 0 saturated carbocycles. The van der Waals surface area contributed by atoms with E-state index in [2.05, 4.69) is 21.2 Å². The third kappa shape index (κ3) is 5.48. The summed E-state index contributed by atoms with van der Waals surface area (Å²) in [5.74, 6) is 0. The molecule has 0 heterocycles. The standard InChI is InChI=1S/C14H22BrNO2/c1-4-18-14(2,3)10-16-9-13(17)11-6-5-7-12(15)8-11/h5-8,13,16-17H,4,9-10H2,1-3H3. The van der Waals surface area contributed by atoms with Crippen molar-refractivity contribution in [3.63, 3.8) is 0 Å². The Hall–Kier alpha value is -0.420. The normalized spacial score (nSPS) is 13.6. The highest BCUT2D eigenvalue weighted by molar-refractivity contribution is 9.10. The summed E-state index contributed by atoms with van der Waals surface area (Å²) < 4.78 is 6.56. The molecular weight excluding hydrogens is 294 g/mol. The Morgan fingerprint density at radius 1 is 1.44 bits per heavy atom. The number of nitrogens with one attached hydrogen (secondary N) is 1. The number of hydrogen-bond acceptors (Lipinski definition) is 3. The predicted octanol–water partition coefficient (Wildman–Crippen LogP) is 2.89. The maximum absolute atomic E-state index is 10.0. The van der Waals surface area contributed by atoms with Crippen molar-refractivity contribution in [2.45, 2.75) is 32.5 Å². The number of hydrogen-bond donors (Lipinski definition) is 2. The molecule has 0 aliphatic carbocycles. The van der Waals surface area contributed by atoms with Crippen LogP contribution in [0.2, 0.25) is 0 Å². The van der Waals surface area contributed by atoms with E-state index in [4.69, 9.17) is 4.74 Å². The number of ether oxygens (including phenoxy) is 1. The first kappa shape index (κ1) is 15.6. The summed E-state index contributed by atoms with van der Waals surface area (Å²) in [5, 5.41) is 13.3. The van der Waals surface area contributed by atoms with Crippen molar-refractivity contribution < 1.29 is 9.84 Å². The van der Waals surface area contributed by atoms with E-state index in [1.165, 1.54) is 0 Å². The monoisotopic (exact) mass is 315 g/mol. The van der Waals surface area contributed by atoms with Gasteiger partial charge in [0.15, 0.2) is 0 Å². The first-order valence-corrected chi connectivity index (χ1v) is 7.02. The summed E-state index contributed by atoms with van der Waals surface area (Å²) in [7, 11) is 0. The highest BCUT2D eigenvalue weighted by atomic mass is 79.9. The Bertz CT molecular complexity index is 369. The number of halogens is 1. The van der Waals surface area contributed by atoms with Gasteiger partial charge < -0.3 is 15.2 Å². The second kappa shape index (κ2) is 7.24. The Balaban J connectivity index is 2.40. The highest BCUT2D eigenvalue weighted by Crippen LogP contribution is 2.17. The van der Waals surface area contributed by atoms with Gasteiger partial charge in [0.1, 0.15) is 0 Å². The Morgan fingerprint density at radius 3 is 2.78 bits per heavy atom. The van der Waals surface area contributed by atoms with Crippen LogP contribution in [0.15, 0.2) is 28.7 Å². The van der Waals surface area contributed by atoms with Crippen molar-refractivity contribution in [3.05, 3.63) is 34.3 Å². The molecule has 0 aliphatic rings. The van der Waals surface area contributed by atoms with E-state index in [0.29, 0.717) is 19.7 Å². The van der Waals surface area contributed by atoms with Gasteiger partial charge in [-0.1, -0.05) is 28.1 Å². The Labute approximate surface area is 118 Å². The number of aliphatic hydroxyl groups excluding tert-OH is 1. The van der Waals surface area contributed by atoms with E-state index < -0.39 is 6.10 Å². The second-order valence-corrected chi connectivity index (χ2v) is 5.81. The van der Waals surface area contributed by atoms with Crippen molar-refractivity contribution in [2.75, 3.05) is 19.7 Å². The van der Waals surface area contributed by atoms with Crippen LogP contribution < -0.4 is 5.32 Å². The quantitative estimate of drug-likeness (QED) is 0.813. The van der Waals surface area contributed by atoms with Crippen molar-refractivity contribution in [3.8, 4) is 0 Å². The predicted molar refractivity (Wildman–Crippen MR) is 77.7 cm³/mol. The van der Waals surface area contributed by atoms with Crippen molar-refractivity contribution in [2.24, 2.45) is 0 Å². The molecule has 2 N–H and O–H groups in total. The van der Waals surface area contributed by atoms with Gasteiger partial charge in [-0.05, 0) is 38.5 Å². The molecule has 1 aromatic carbocycles. The third-order valence-electron chi connectivity index (χ3n) is 2.66. The maximum Gasteiger partial charge on any atom is 0.0914 e. The average Bonchev–Trinajstić information content (AvgIpc) is 2.28. The molecule has 1 unspecified atom stereocenters. The molecule has 0 spiro atoms. The van der Waals surface area contributed by atoms with Crippen LogP contribution in [-0.2, 0) is 4.74 Å². The van der Waals surface area contributed by atoms with Crippen LogP contribution in [0.25, 0.3) is 0 Å². The van der Waals surface area contributed by atoms with Crippen molar-refractivity contribution in [1.82, 2.24) is 5.32 Å². The van der Waals surface area contributed by atoms with Crippen LogP contribution in [0.1, 0.15) is 32.4 Å². The van der Waals surface area contributed by atoms with Gasteiger partial charge in [-0.25, -0.2) is 0 Å². The van der Waals surface area contributed by atoms with E-state index in [0.717, 1.165) is 10.0 Å². The molecule has 0 bridgehead atoms. The van der Waals surface area contributed by atoms with E-state index in [9.17, 15) is 5.11 Å². The minimum absolute atomic E-state index is 0.203. The van der Waals surface area contributed by atoms with Gasteiger partial charge in [-0.15, -0.1) is 0 Å². The molecule has 1 atom stereocenters. The summed E-state index contributed by atoms with van der Waals surface area (Å²) in [6, 6.07) is 7.72. The fraction of sp³-hybridized carbons (Fsp3) is 0.571. The van der Waals surface area contributed by atoms with Crippen molar-refractivity contribution >= 4 is 15.9 Å². The SMILES string of the molecule is CCOC(C)(C)CNCC(O)c1cccc(Br)c1. The molecule has 0 fully saturated rings. The average molecular weight is 316 g/mol. The lowest BCUT2D eigenvalue weighted by molar-refractivity contribution is -0.0104. The van der Waals surface area contributed by atoms with Crippen LogP contribution in [0.3, 0.4) is 0 Å². The van der Waals surface area contributed by atoms with Gasteiger partial charge in [-0.2, -0.15) is 0 Å².